The van der Waals surface area contributed by atoms with Crippen molar-refractivity contribution >= 4 is 0 Å². The van der Waals surface area contributed by atoms with Gasteiger partial charge in [-0.3, -0.25) is 0 Å². The largest absolute Gasteiger partial charge is 0.416 e. The van der Waals surface area contributed by atoms with Crippen molar-refractivity contribution in [3.63, 3.8) is 0 Å². The van der Waals surface area contributed by atoms with Crippen LogP contribution in [-0.2, 0) is 12.6 Å². The number of aryl methyl sites for hydroxylation is 1. The minimum Gasteiger partial charge on any atom is -0.310 e. The molecule has 98 valence electrons. The Morgan fingerprint density at radius 2 is 1.94 bits per heavy atom. The first-order valence-corrected chi connectivity index (χ1v) is 6.47. The Labute approximate surface area is 104 Å². The van der Waals surface area contributed by atoms with Gasteiger partial charge in [0.15, 0.2) is 0 Å². The van der Waals surface area contributed by atoms with E-state index in [2.05, 4.69) is 5.32 Å². The van der Waals surface area contributed by atoms with E-state index in [0.717, 1.165) is 36.4 Å². The molecule has 0 bridgehead atoms. The fraction of sp³-hybridized carbons (Fsp3) is 0.571. The molecule has 1 aromatic rings. The van der Waals surface area contributed by atoms with Crippen LogP contribution in [0.25, 0.3) is 0 Å². The van der Waals surface area contributed by atoms with Crippen molar-refractivity contribution in [1.29, 1.82) is 0 Å². The van der Waals surface area contributed by atoms with Crippen LogP contribution >= 0.6 is 0 Å². The SMILES string of the molecule is FC(F)(F)c1ccc2c(c1)CC[C@H]2NCC1CC1. The van der Waals surface area contributed by atoms with Gasteiger partial charge in [-0.05, 0) is 61.4 Å². The van der Waals surface area contributed by atoms with Gasteiger partial charge in [-0.2, -0.15) is 13.2 Å². The van der Waals surface area contributed by atoms with E-state index in [0.29, 0.717) is 0 Å². The zero-order valence-electron chi connectivity index (χ0n) is 10.1. The zero-order chi connectivity index (χ0) is 12.8. The van der Waals surface area contributed by atoms with Crippen molar-refractivity contribution in [3.05, 3.63) is 34.9 Å². The molecule has 4 heteroatoms. The smallest absolute Gasteiger partial charge is 0.310 e. The zero-order valence-corrected chi connectivity index (χ0v) is 10.1. The molecule has 3 rings (SSSR count). The van der Waals surface area contributed by atoms with Crippen LogP contribution in [0, 0.1) is 5.92 Å². The molecule has 0 heterocycles. The molecule has 0 unspecified atom stereocenters. The maximum Gasteiger partial charge on any atom is 0.416 e. The van der Waals surface area contributed by atoms with Crippen LogP contribution in [0.4, 0.5) is 13.2 Å². The summed E-state index contributed by atoms with van der Waals surface area (Å²) in [7, 11) is 0. The van der Waals surface area contributed by atoms with Crippen LogP contribution in [-0.4, -0.2) is 6.54 Å². The average Bonchev–Trinajstić information content (AvgIpc) is 3.05. The highest BCUT2D eigenvalue weighted by Gasteiger charge is 2.33. The average molecular weight is 255 g/mol. The summed E-state index contributed by atoms with van der Waals surface area (Å²) in [6.45, 7) is 1.01. The molecule has 1 N–H and O–H groups in total. The number of rotatable bonds is 3. The Bertz CT molecular complexity index is 449. The number of halogens is 3. The molecular formula is C14H16F3N. The van der Waals surface area contributed by atoms with Gasteiger partial charge >= 0.3 is 6.18 Å². The quantitative estimate of drug-likeness (QED) is 0.868. The Morgan fingerprint density at radius 3 is 2.61 bits per heavy atom. The lowest BCUT2D eigenvalue weighted by molar-refractivity contribution is -0.137. The van der Waals surface area contributed by atoms with E-state index in [1.165, 1.54) is 25.0 Å². The maximum atomic E-state index is 12.6. The van der Waals surface area contributed by atoms with Crippen molar-refractivity contribution in [2.75, 3.05) is 6.54 Å². The lowest BCUT2D eigenvalue weighted by Gasteiger charge is -2.14. The van der Waals surface area contributed by atoms with Gasteiger partial charge in [-0.15, -0.1) is 0 Å². The second-order valence-corrected chi connectivity index (χ2v) is 5.35. The summed E-state index contributed by atoms with van der Waals surface area (Å²) < 4.78 is 37.8. The van der Waals surface area contributed by atoms with Gasteiger partial charge in [0.25, 0.3) is 0 Å². The molecule has 1 atom stereocenters. The number of nitrogens with one attached hydrogen (secondary N) is 1. The third-order valence-corrected chi connectivity index (χ3v) is 3.90. The highest BCUT2D eigenvalue weighted by Crippen LogP contribution is 2.37. The number of alkyl halides is 3. The number of benzene rings is 1. The fourth-order valence-electron chi connectivity index (χ4n) is 2.64. The van der Waals surface area contributed by atoms with E-state index in [-0.39, 0.29) is 6.04 Å². The van der Waals surface area contributed by atoms with Crippen molar-refractivity contribution in [2.24, 2.45) is 5.92 Å². The van der Waals surface area contributed by atoms with E-state index in [9.17, 15) is 13.2 Å². The van der Waals surface area contributed by atoms with Gasteiger partial charge in [0.2, 0.25) is 0 Å². The van der Waals surface area contributed by atoms with Crippen LogP contribution < -0.4 is 5.32 Å². The summed E-state index contributed by atoms with van der Waals surface area (Å²) in [5.74, 6) is 0.795. The summed E-state index contributed by atoms with van der Waals surface area (Å²) in [5.41, 5.74) is 1.39. The summed E-state index contributed by atoms with van der Waals surface area (Å²) in [6, 6.07) is 4.42. The normalized spacial score (nSPS) is 23.2. The first-order chi connectivity index (χ1) is 8.54. The summed E-state index contributed by atoms with van der Waals surface area (Å²) in [4.78, 5) is 0. The standard InChI is InChI=1S/C14H16F3N/c15-14(16,17)11-4-5-12-10(7-11)3-6-13(12)18-8-9-1-2-9/h4-5,7,9,13,18H,1-3,6,8H2/t13-/m1/s1. The van der Waals surface area contributed by atoms with Crippen LogP contribution in [0.5, 0.6) is 0 Å². The van der Waals surface area contributed by atoms with Gasteiger partial charge in [0.1, 0.15) is 0 Å². The first-order valence-electron chi connectivity index (χ1n) is 6.47. The van der Waals surface area contributed by atoms with Gasteiger partial charge in [0.05, 0.1) is 5.56 Å². The van der Waals surface area contributed by atoms with Crippen LogP contribution in [0.3, 0.4) is 0 Å². The Hall–Kier alpha value is -1.03. The van der Waals surface area contributed by atoms with Gasteiger partial charge in [-0.25, -0.2) is 0 Å². The number of hydrogen-bond acceptors (Lipinski definition) is 1. The predicted octanol–water partition coefficient (Wildman–Crippen LogP) is 3.69. The molecule has 0 aliphatic heterocycles. The van der Waals surface area contributed by atoms with Gasteiger partial charge in [0, 0.05) is 6.04 Å². The predicted molar refractivity (Wildman–Crippen MR) is 63.2 cm³/mol. The Morgan fingerprint density at radius 1 is 1.17 bits per heavy atom. The van der Waals surface area contributed by atoms with Crippen molar-refractivity contribution in [2.45, 2.75) is 37.9 Å². The molecule has 1 saturated carbocycles. The summed E-state index contributed by atoms with van der Waals surface area (Å²) >= 11 is 0. The molecule has 0 saturated heterocycles. The lowest BCUT2D eigenvalue weighted by Crippen LogP contribution is -2.21. The van der Waals surface area contributed by atoms with Crippen molar-refractivity contribution in [3.8, 4) is 0 Å². The van der Waals surface area contributed by atoms with Gasteiger partial charge < -0.3 is 5.32 Å². The van der Waals surface area contributed by atoms with E-state index in [4.69, 9.17) is 0 Å². The maximum absolute atomic E-state index is 12.6. The molecular weight excluding hydrogens is 239 g/mol. The minimum atomic E-state index is -4.23. The first kappa shape index (κ1) is 12.0. The molecule has 0 spiro atoms. The molecule has 1 nitrogen and oxygen atoms in total. The summed E-state index contributed by atoms with van der Waals surface area (Å²) in [6.07, 6.45) is 0.0265. The highest BCUT2D eigenvalue weighted by atomic mass is 19.4. The molecule has 2 aliphatic carbocycles. The minimum absolute atomic E-state index is 0.253. The fourth-order valence-corrected chi connectivity index (χ4v) is 2.64. The van der Waals surface area contributed by atoms with E-state index in [1.54, 1.807) is 6.07 Å². The van der Waals surface area contributed by atoms with Crippen LogP contribution in [0.1, 0.15) is 42.0 Å². The molecule has 2 aliphatic rings. The molecule has 1 fully saturated rings. The second-order valence-electron chi connectivity index (χ2n) is 5.35. The van der Waals surface area contributed by atoms with Crippen LogP contribution in [0.2, 0.25) is 0 Å². The molecule has 1 aromatic carbocycles. The van der Waals surface area contributed by atoms with E-state index in [1.807, 2.05) is 0 Å². The summed E-state index contributed by atoms with van der Waals surface area (Å²) in [5, 5.41) is 3.48. The monoisotopic (exact) mass is 255 g/mol. The molecule has 0 radical (unpaired) electrons. The third-order valence-electron chi connectivity index (χ3n) is 3.90. The van der Waals surface area contributed by atoms with Crippen molar-refractivity contribution in [1.82, 2.24) is 5.32 Å². The second kappa shape index (κ2) is 4.26. The Balaban J connectivity index is 1.75. The number of hydrogen-bond donors (Lipinski definition) is 1. The van der Waals surface area contributed by atoms with Gasteiger partial charge in [-0.1, -0.05) is 6.07 Å². The van der Waals surface area contributed by atoms with Crippen LogP contribution in [0.15, 0.2) is 18.2 Å². The lowest BCUT2D eigenvalue weighted by atomic mass is 10.0. The topological polar surface area (TPSA) is 12.0 Å². The highest BCUT2D eigenvalue weighted by molar-refractivity contribution is 5.38. The van der Waals surface area contributed by atoms with E-state index >= 15 is 0 Å². The van der Waals surface area contributed by atoms with Crippen molar-refractivity contribution < 1.29 is 13.2 Å². The molecule has 18 heavy (non-hydrogen) atoms. The third kappa shape index (κ3) is 2.39. The van der Waals surface area contributed by atoms with E-state index < -0.39 is 11.7 Å². The Kier molecular flexibility index (Phi) is 2.85. The molecule has 0 amide bonds. The molecule has 0 aromatic heterocycles. The number of fused-ring (bicyclic) bond motifs is 1.